The molecule has 8 rings (SSSR count). The SMILES string of the molecule is O=C1[C@@H]2Cc3c([nH]c4ccccc34)[C@@H](c3ccc4c(c3)OCO4)N2C(=O)CN1CCC1CCN(Cc2ccccc2)CC1. The summed E-state index contributed by atoms with van der Waals surface area (Å²) in [4.78, 5) is 37.9. The van der Waals surface area contributed by atoms with Crippen molar-refractivity contribution in [3.8, 4) is 11.5 Å². The molecule has 0 radical (unpaired) electrons. The maximum Gasteiger partial charge on any atom is 0.246 e. The highest BCUT2D eigenvalue weighted by molar-refractivity contribution is 5.97. The topological polar surface area (TPSA) is 78.1 Å². The largest absolute Gasteiger partial charge is 0.454 e. The number of piperazine rings is 1. The number of para-hydroxylation sites is 1. The van der Waals surface area contributed by atoms with Crippen LogP contribution in [-0.4, -0.2) is 70.5 Å². The van der Waals surface area contributed by atoms with Crippen LogP contribution in [-0.2, 0) is 22.6 Å². The van der Waals surface area contributed by atoms with Gasteiger partial charge in [-0.3, -0.25) is 14.5 Å². The third-order valence-electron chi connectivity index (χ3n) is 9.82. The van der Waals surface area contributed by atoms with Crippen molar-refractivity contribution in [2.75, 3.05) is 33.0 Å². The van der Waals surface area contributed by atoms with Gasteiger partial charge in [-0.15, -0.1) is 0 Å². The summed E-state index contributed by atoms with van der Waals surface area (Å²) in [6.07, 6.45) is 3.71. The fourth-order valence-electron chi connectivity index (χ4n) is 7.56. The van der Waals surface area contributed by atoms with E-state index in [1.807, 2.05) is 40.1 Å². The van der Waals surface area contributed by atoms with Crippen LogP contribution in [0.15, 0.2) is 72.8 Å². The molecule has 0 spiro atoms. The standard InChI is InChI=1S/C35H36N4O4/c40-32-21-38(17-14-23-12-15-37(16-13-23)20-24-6-2-1-3-7-24)35(41)29-19-27-26-8-4-5-9-28(26)36-33(27)34(39(29)32)25-10-11-30-31(18-25)43-22-42-30/h1-11,18,23,29,34,36H,12-17,19-22H2/t29-,34+/m0/s1. The predicted molar refractivity (Wildman–Crippen MR) is 163 cm³/mol. The summed E-state index contributed by atoms with van der Waals surface area (Å²) in [5.74, 6) is 1.99. The highest BCUT2D eigenvalue weighted by Gasteiger charge is 2.48. The second-order valence-electron chi connectivity index (χ2n) is 12.4. The lowest BCUT2D eigenvalue weighted by Gasteiger charge is -2.47. The van der Waals surface area contributed by atoms with E-state index >= 15 is 0 Å². The minimum Gasteiger partial charge on any atom is -0.454 e. The first kappa shape index (κ1) is 26.3. The number of nitrogens with one attached hydrogen (secondary N) is 1. The first-order chi connectivity index (χ1) is 21.1. The number of ether oxygens (including phenoxy) is 2. The summed E-state index contributed by atoms with van der Waals surface area (Å²) in [5.41, 5.74) is 5.39. The van der Waals surface area contributed by atoms with E-state index in [0.29, 0.717) is 30.4 Å². The van der Waals surface area contributed by atoms with Crippen molar-refractivity contribution in [1.29, 1.82) is 0 Å². The lowest BCUT2D eigenvalue weighted by Crippen LogP contribution is -2.63. The number of nitrogens with zero attached hydrogens (tertiary/aromatic N) is 3. The maximum atomic E-state index is 14.1. The van der Waals surface area contributed by atoms with E-state index in [2.05, 4.69) is 52.3 Å². The number of carbonyl (C=O) groups excluding carboxylic acids is 2. The number of fused-ring (bicyclic) bond motifs is 5. The molecule has 3 aromatic carbocycles. The van der Waals surface area contributed by atoms with E-state index in [4.69, 9.17) is 9.47 Å². The van der Waals surface area contributed by atoms with Gasteiger partial charge in [-0.05, 0) is 73.2 Å². The highest BCUT2D eigenvalue weighted by Crippen LogP contribution is 2.45. The molecule has 8 nitrogen and oxygen atoms in total. The number of likely N-dealkylation sites (tertiary alicyclic amines) is 1. The summed E-state index contributed by atoms with van der Waals surface area (Å²) in [6.45, 7) is 4.08. The quantitative estimate of drug-likeness (QED) is 0.354. The molecule has 4 aliphatic rings. The number of H-pyrrole nitrogens is 1. The van der Waals surface area contributed by atoms with Crippen LogP contribution in [0, 0.1) is 5.92 Å². The van der Waals surface area contributed by atoms with Crippen LogP contribution in [0.2, 0.25) is 0 Å². The van der Waals surface area contributed by atoms with Crippen molar-refractivity contribution in [3.63, 3.8) is 0 Å². The van der Waals surface area contributed by atoms with Crippen LogP contribution in [0.4, 0.5) is 0 Å². The molecule has 43 heavy (non-hydrogen) atoms. The van der Waals surface area contributed by atoms with Gasteiger partial charge >= 0.3 is 0 Å². The molecule has 220 valence electrons. The minimum absolute atomic E-state index is 0.00532. The predicted octanol–water partition coefficient (Wildman–Crippen LogP) is 4.88. The second-order valence-corrected chi connectivity index (χ2v) is 12.4. The lowest BCUT2D eigenvalue weighted by molar-refractivity contribution is -0.158. The van der Waals surface area contributed by atoms with Gasteiger partial charge in [0.15, 0.2) is 11.5 Å². The molecule has 8 heteroatoms. The normalized spacial score (nSPS) is 22.2. The molecule has 0 bridgehead atoms. The monoisotopic (exact) mass is 576 g/mol. The fourth-order valence-corrected chi connectivity index (χ4v) is 7.56. The Bertz CT molecular complexity index is 1680. The third-order valence-corrected chi connectivity index (χ3v) is 9.82. The first-order valence-corrected chi connectivity index (χ1v) is 15.5. The van der Waals surface area contributed by atoms with E-state index in [1.54, 1.807) is 0 Å². The van der Waals surface area contributed by atoms with E-state index in [1.165, 1.54) is 5.56 Å². The average molecular weight is 577 g/mol. The molecule has 1 N–H and O–H groups in total. The number of aromatic amines is 1. The molecule has 2 amide bonds. The van der Waals surface area contributed by atoms with Crippen LogP contribution in [0.5, 0.6) is 11.5 Å². The summed E-state index contributed by atoms with van der Waals surface area (Å²) in [5, 5.41) is 1.11. The van der Waals surface area contributed by atoms with Gasteiger partial charge in [0.1, 0.15) is 6.04 Å². The second kappa shape index (κ2) is 10.8. The molecule has 0 aliphatic carbocycles. The third kappa shape index (κ3) is 4.74. The van der Waals surface area contributed by atoms with Crippen molar-refractivity contribution in [3.05, 3.63) is 95.2 Å². The number of hydrogen-bond acceptors (Lipinski definition) is 5. The molecule has 2 fully saturated rings. The number of benzene rings is 3. The van der Waals surface area contributed by atoms with Crippen LogP contribution in [0.1, 0.15) is 47.7 Å². The molecule has 4 aromatic rings. The molecular weight excluding hydrogens is 540 g/mol. The molecule has 4 aliphatic heterocycles. The van der Waals surface area contributed by atoms with Gasteiger partial charge in [0.05, 0.1) is 12.6 Å². The molecule has 0 saturated carbocycles. The Labute approximate surface area is 251 Å². The van der Waals surface area contributed by atoms with Gasteiger partial charge in [0.2, 0.25) is 18.6 Å². The van der Waals surface area contributed by atoms with Gasteiger partial charge in [-0.25, -0.2) is 0 Å². The van der Waals surface area contributed by atoms with E-state index in [9.17, 15) is 9.59 Å². The Balaban J connectivity index is 1.01. The molecular formula is C35H36N4O4. The first-order valence-electron chi connectivity index (χ1n) is 15.5. The lowest BCUT2D eigenvalue weighted by atomic mass is 9.86. The van der Waals surface area contributed by atoms with Gasteiger partial charge < -0.3 is 24.3 Å². The summed E-state index contributed by atoms with van der Waals surface area (Å²) < 4.78 is 11.2. The maximum absolute atomic E-state index is 14.1. The Morgan fingerprint density at radius 3 is 2.53 bits per heavy atom. The van der Waals surface area contributed by atoms with Gasteiger partial charge in [0, 0.05) is 36.1 Å². The zero-order chi connectivity index (χ0) is 28.9. The number of rotatable bonds is 6. The van der Waals surface area contributed by atoms with Gasteiger partial charge in [-0.2, -0.15) is 0 Å². The smallest absolute Gasteiger partial charge is 0.246 e. The highest BCUT2D eigenvalue weighted by atomic mass is 16.7. The number of amides is 2. The van der Waals surface area contributed by atoms with Crippen molar-refractivity contribution in [1.82, 2.24) is 19.7 Å². The fraction of sp³-hybridized carbons (Fsp3) is 0.371. The molecule has 2 atom stereocenters. The molecule has 2 saturated heterocycles. The Morgan fingerprint density at radius 2 is 1.67 bits per heavy atom. The van der Waals surface area contributed by atoms with Gasteiger partial charge in [-0.1, -0.05) is 54.6 Å². The van der Waals surface area contributed by atoms with E-state index < -0.39 is 12.1 Å². The zero-order valence-electron chi connectivity index (χ0n) is 24.2. The van der Waals surface area contributed by atoms with Crippen LogP contribution in [0.25, 0.3) is 10.9 Å². The molecule has 5 heterocycles. The Hall–Kier alpha value is -4.30. The van der Waals surface area contributed by atoms with Crippen molar-refractivity contribution in [2.24, 2.45) is 5.92 Å². The van der Waals surface area contributed by atoms with Crippen LogP contribution < -0.4 is 9.47 Å². The Kier molecular flexibility index (Phi) is 6.59. The average Bonchev–Trinajstić information content (AvgIpc) is 3.66. The Morgan fingerprint density at radius 1 is 0.884 bits per heavy atom. The zero-order valence-corrected chi connectivity index (χ0v) is 24.2. The van der Waals surface area contributed by atoms with E-state index in [-0.39, 0.29) is 25.2 Å². The minimum atomic E-state index is -0.531. The van der Waals surface area contributed by atoms with Crippen molar-refractivity contribution >= 4 is 22.7 Å². The summed E-state index contributed by atoms with van der Waals surface area (Å²) in [6, 6.07) is 23.8. The van der Waals surface area contributed by atoms with Crippen LogP contribution >= 0.6 is 0 Å². The van der Waals surface area contributed by atoms with Gasteiger partial charge in [0.25, 0.3) is 0 Å². The number of hydrogen-bond donors (Lipinski definition) is 1. The number of aromatic nitrogens is 1. The number of piperidine rings is 1. The van der Waals surface area contributed by atoms with Crippen molar-refractivity contribution < 1.29 is 19.1 Å². The van der Waals surface area contributed by atoms with Crippen LogP contribution in [0.3, 0.4) is 0 Å². The summed E-state index contributed by atoms with van der Waals surface area (Å²) >= 11 is 0. The van der Waals surface area contributed by atoms with E-state index in [0.717, 1.165) is 66.6 Å². The van der Waals surface area contributed by atoms with Crippen molar-refractivity contribution in [2.45, 2.75) is 44.3 Å². The molecule has 1 aromatic heterocycles. The summed E-state index contributed by atoms with van der Waals surface area (Å²) in [7, 11) is 0. The molecule has 0 unspecified atom stereocenters. The number of carbonyl (C=O) groups is 2.